The number of hydrazone groups is 1. The predicted octanol–water partition coefficient (Wildman–Crippen LogP) is 5.23. The van der Waals surface area contributed by atoms with Gasteiger partial charge in [0.2, 0.25) is 0 Å². The molecule has 4 aromatic rings. The Morgan fingerprint density at radius 2 is 1.78 bits per heavy atom. The first-order valence-electron chi connectivity index (χ1n) is 8.78. The summed E-state index contributed by atoms with van der Waals surface area (Å²) in [5.41, 5.74) is 6.26. The van der Waals surface area contributed by atoms with E-state index in [1.54, 1.807) is 30.5 Å². The van der Waals surface area contributed by atoms with E-state index in [4.69, 9.17) is 11.6 Å². The third-order valence-electron chi connectivity index (χ3n) is 4.61. The first kappa shape index (κ1) is 17.3. The zero-order valence-electron chi connectivity index (χ0n) is 14.8. The molecule has 1 amide bonds. The minimum Gasteiger partial charge on any atom is -0.341 e. The molecule has 0 aliphatic rings. The van der Waals surface area contributed by atoms with Gasteiger partial charge in [-0.25, -0.2) is 5.43 Å². The number of para-hydroxylation sites is 1. The van der Waals surface area contributed by atoms with Gasteiger partial charge in [0.15, 0.2) is 0 Å². The highest BCUT2D eigenvalue weighted by molar-refractivity contribution is 6.33. The highest BCUT2D eigenvalue weighted by Crippen LogP contribution is 2.29. The lowest BCUT2D eigenvalue weighted by Gasteiger charge is -2.03. The Morgan fingerprint density at radius 3 is 2.59 bits per heavy atom. The zero-order chi connectivity index (χ0) is 18.8. The molecule has 27 heavy (non-hydrogen) atoms. The van der Waals surface area contributed by atoms with Crippen molar-refractivity contribution in [3.05, 3.63) is 82.9 Å². The number of hydrogen-bond donors (Lipinski definition) is 1. The van der Waals surface area contributed by atoms with Gasteiger partial charge in [-0.15, -0.1) is 0 Å². The van der Waals surface area contributed by atoms with Crippen LogP contribution < -0.4 is 5.43 Å². The van der Waals surface area contributed by atoms with Gasteiger partial charge in [0.1, 0.15) is 0 Å². The molecule has 4 rings (SSSR count). The maximum Gasteiger partial charge on any atom is 0.272 e. The van der Waals surface area contributed by atoms with Crippen molar-refractivity contribution < 1.29 is 4.79 Å². The molecule has 0 spiro atoms. The van der Waals surface area contributed by atoms with Crippen molar-refractivity contribution in [2.24, 2.45) is 5.10 Å². The molecule has 0 saturated carbocycles. The number of carbonyl (C=O) groups is 1. The molecule has 3 aromatic carbocycles. The predicted molar refractivity (Wildman–Crippen MR) is 112 cm³/mol. The van der Waals surface area contributed by atoms with E-state index in [-0.39, 0.29) is 5.91 Å². The summed E-state index contributed by atoms with van der Waals surface area (Å²) >= 11 is 6.04. The number of halogens is 1. The number of benzene rings is 3. The number of aromatic nitrogens is 1. The van der Waals surface area contributed by atoms with E-state index in [2.05, 4.69) is 52.3 Å². The van der Waals surface area contributed by atoms with E-state index in [1.165, 1.54) is 21.8 Å². The molecule has 1 aromatic heterocycles. The van der Waals surface area contributed by atoms with Crippen LogP contribution in [0, 0.1) is 0 Å². The highest BCUT2D eigenvalue weighted by atomic mass is 35.5. The number of fused-ring (bicyclic) bond motifs is 3. The number of amides is 1. The van der Waals surface area contributed by atoms with Gasteiger partial charge >= 0.3 is 0 Å². The van der Waals surface area contributed by atoms with Crippen LogP contribution in [0.1, 0.15) is 22.8 Å². The van der Waals surface area contributed by atoms with Crippen molar-refractivity contribution in [2.75, 3.05) is 0 Å². The lowest BCUT2D eigenvalue weighted by Crippen LogP contribution is -2.17. The van der Waals surface area contributed by atoms with E-state index in [0.717, 1.165) is 12.1 Å². The van der Waals surface area contributed by atoms with Crippen LogP contribution in [0.4, 0.5) is 0 Å². The molecule has 5 heteroatoms. The van der Waals surface area contributed by atoms with Crippen LogP contribution in [0.15, 0.2) is 71.8 Å². The third-order valence-corrected chi connectivity index (χ3v) is 4.94. The van der Waals surface area contributed by atoms with Crippen LogP contribution in [-0.2, 0) is 6.54 Å². The number of hydrogen-bond acceptors (Lipinski definition) is 2. The molecule has 4 nitrogen and oxygen atoms in total. The fraction of sp³-hybridized carbons (Fsp3) is 0.0909. The van der Waals surface area contributed by atoms with E-state index in [0.29, 0.717) is 10.6 Å². The summed E-state index contributed by atoms with van der Waals surface area (Å²) in [5.74, 6) is -0.333. The van der Waals surface area contributed by atoms with Crippen molar-refractivity contribution in [2.45, 2.75) is 13.5 Å². The average molecular weight is 376 g/mol. The summed E-state index contributed by atoms with van der Waals surface area (Å²) in [4.78, 5) is 12.2. The van der Waals surface area contributed by atoms with E-state index in [9.17, 15) is 4.79 Å². The summed E-state index contributed by atoms with van der Waals surface area (Å²) in [5, 5.41) is 6.87. The van der Waals surface area contributed by atoms with E-state index < -0.39 is 0 Å². The Kier molecular flexibility index (Phi) is 4.65. The smallest absolute Gasteiger partial charge is 0.272 e. The molecular weight excluding hydrogens is 358 g/mol. The van der Waals surface area contributed by atoms with Crippen LogP contribution >= 0.6 is 11.6 Å². The van der Waals surface area contributed by atoms with Crippen molar-refractivity contribution in [3.8, 4) is 0 Å². The van der Waals surface area contributed by atoms with Gasteiger partial charge in [-0.3, -0.25) is 4.79 Å². The van der Waals surface area contributed by atoms with Crippen molar-refractivity contribution in [3.63, 3.8) is 0 Å². The quantitative estimate of drug-likeness (QED) is 0.385. The molecule has 0 unspecified atom stereocenters. The van der Waals surface area contributed by atoms with E-state index >= 15 is 0 Å². The van der Waals surface area contributed by atoms with Gasteiger partial charge in [0, 0.05) is 28.4 Å². The fourth-order valence-corrected chi connectivity index (χ4v) is 3.58. The summed E-state index contributed by atoms with van der Waals surface area (Å²) in [6, 6.07) is 21.4. The SMILES string of the molecule is CCn1c2ccccc2c2cc(/C=N\NC(=O)c3ccccc3Cl)ccc21. The second-order valence-corrected chi connectivity index (χ2v) is 6.62. The molecule has 1 heterocycles. The van der Waals surface area contributed by atoms with Gasteiger partial charge in [0.05, 0.1) is 16.8 Å². The Bertz CT molecular complexity index is 1180. The largest absolute Gasteiger partial charge is 0.341 e. The Hall–Kier alpha value is -3.11. The summed E-state index contributed by atoms with van der Waals surface area (Å²) in [6.07, 6.45) is 1.65. The van der Waals surface area contributed by atoms with Crippen LogP contribution in [0.3, 0.4) is 0 Å². The van der Waals surface area contributed by atoms with Crippen molar-refractivity contribution in [1.29, 1.82) is 0 Å². The third kappa shape index (κ3) is 3.20. The molecule has 0 atom stereocenters. The number of nitrogens with zero attached hydrogens (tertiary/aromatic N) is 2. The zero-order valence-corrected chi connectivity index (χ0v) is 15.6. The molecule has 0 radical (unpaired) electrons. The van der Waals surface area contributed by atoms with Crippen molar-refractivity contribution in [1.82, 2.24) is 9.99 Å². The number of rotatable bonds is 4. The molecule has 0 aliphatic carbocycles. The lowest BCUT2D eigenvalue weighted by atomic mass is 10.1. The fourth-order valence-electron chi connectivity index (χ4n) is 3.36. The molecular formula is C22H18ClN3O. The highest BCUT2D eigenvalue weighted by Gasteiger charge is 2.10. The molecule has 0 bridgehead atoms. The summed E-state index contributed by atoms with van der Waals surface area (Å²) in [6.45, 7) is 3.05. The van der Waals surface area contributed by atoms with Crippen LogP contribution in [0.25, 0.3) is 21.8 Å². The summed E-state index contributed by atoms with van der Waals surface area (Å²) in [7, 11) is 0. The van der Waals surface area contributed by atoms with Gasteiger partial charge in [-0.2, -0.15) is 5.10 Å². The minimum atomic E-state index is -0.333. The van der Waals surface area contributed by atoms with Crippen LogP contribution in [0.5, 0.6) is 0 Å². The number of aryl methyl sites for hydroxylation is 1. The lowest BCUT2D eigenvalue weighted by molar-refractivity contribution is 0.0955. The van der Waals surface area contributed by atoms with Crippen LogP contribution in [-0.4, -0.2) is 16.7 Å². The van der Waals surface area contributed by atoms with Gasteiger partial charge in [0.25, 0.3) is 5.91 Å². The maximum atomic E-state index is 12.2. The molecule has 134 valence electrons. The Balaban J connectivity index is 1.63. The Morgan fingerprint density at radius 1 is 1.04 bits per heavy atom. The first-order valence-corrected chi connectivity index (χ1v) is 9.15. The van der Waals surface area contributed by atoms with E-state index in [1.807, 2.05) is 12.1 Å². The van der Waals surface area contributed by atoms with Crippen molar-refractivity contribution >= 4 is 45.5 Å². The normalized spacial score (nSPS) is 11.5. The molecule has 0 aliphatic heterocycles. The van der Waals surface area contributed by atoms with Gasteiger partial charge in [-0.1, -0.05) is 48.0 Å². The van der Waals surface area contributed by atoms with Crippen LogP contribution in [0.2, 0.25) is 5.02 Å². The monoisotopic (exact) mass is 375 g/mol. The maximum absolute atomic E-state index is 12.2. The first-order chi connectivity index (χ1) is 13.2. The minimum absolute atomic E-state index is 0.333. The molecule has 0 saturated heterocycles. The Labute approximate surface area is 162 Å². The second kappa shape index (κ2) is 7.25. The number of nitrogens with one attached hydrogen (secondary N) is 1. The topological polar surface area (TPSA) is 46.4 Å². The summed E-state index contributed by atoms with van der Waals surface area (Å²) < 4.78 is 2.30. The van der Waals surface area contributed by atoms with Gasteiger partial charge in [-0.05, 0) is 42.8 Å². The van der Waals surface area contributed by atoms with Gasteiger partial charge < -0.3 is 4.57 Å². The molecule has 0 fully saturated rings. The average Bonchev–Trinajstić information content (AvgIpc) is 3.01. The second-order valence-electron chi connectivity index (χ2n) is 6.22. The molecule has 1 N–H and O–H groups in total. The standard InChI is InChI=1S/C22H18ClN3O/c1-2-26-20-10-6-4-7-16(20)18-13-15(11-12-21(18)26)14-24-25-22(27)17-8-3-5-9-19(17)23/h3-14H,2H2,1H3,(H,25,27)/b24-14-. The number of carbonyl (C=O) groups excluding carboxylic acids is 1.